The number of fused-ring (bicyclic) bond motifs is 4. The van der Waals surface area contributed by atoms with E-state index in [2.05, 4.69) is 36.6 Å². The molecular formula is C32H36ClF2N5O3. The molecule has 2 aromatic carbocycles. The van der Waals surface area contributed by atoms with Crippen molar-refractivity contribution in [2.24, 2.45) is 11.3 Å². The van der Waals surface area contributed by atoms with Gasteiger partial charge in [-0.05, 0) is 65.5 Å². The van der Waals surface area contributed by atoms with Crippen LogP contribution >= 0.6 is 11.6 Å². The number of amides is 2. The smallest absolute Gasteiger partial charge is 0.251 e. The van der Waals surface area contributed by atoms with Crippen LogP contribution < -0.4 is 16.4 Å². The number of benzene rings is 2. The van der Waals surface area contributed by atoms with Crippen molar-refractivity contribution < 1.29 is 18.4 Å². The van der Waals surface area contributed by atoms with E-state index in [1.165, 1.54) is 0 Å². The predicted octanol–water partition coefficient (Wildman–Crippen LogP) is 5.23. The summed E-state index contributed by atoms with van der Waals surface area (Å²) in [4.78, 5) is 46.6. The first kappa shape index (κ1) is 29.6. The second-order valence-electron chi connectivity index (χ2n) is 13.3. The lowest BCUT2D eigenvalue weighted by Gasteiger charge is -2.34. The number of aromatic amines is 1. The van der Waals surface area contributed by atoms with Gasteiger partial charge in [-0.1, -0.05) is 32.4 Å². The van der Waals surface area contributed by atoms with Crippen molar-refractivity contribution in [1.82, 2.24) is 20.2 Å². The van der Waals surface area contributed by atoms with Gasteiger partial charge >= 0.3 is 0 Å². The Hall–Kier alpha value is -3.50. The van der Waals surface area contributed by atoms with Gasteiger partial charge in [0.05, 0.1) is 22.1 Å². The van der Waals surface area contributed by atoms with E-state index in [1.807, 2.05) is 11.0 Å². The summed E-state index contributed by atoms with van der Waals surface area (Å²) in [6.45, 7) is 8.83. The maximum atomic E-state index is 13.9. The molecular weight excluding hydrogens is 576 g/mol. The standard InChI is InChI=1S/C32H36ClF2N5O3/c1-32(2,3)16-40-15-23-18(10-24(33)29-22(23)14-36-38-29)8-20(31(40)43)12-28(41)39-6-4-17(5-7-39)21-9-19-11-25(34)26(35)13-27(19)37-30(21)42/h9-11,13,17,20,36,38H,4-8,12,14-16H2,1-3H3,(H,37,42)/t20-/m0/s1. The number of nitrogens with one attached hydrogen (secondary N) is 3. The van der Waals surface area contributed by atoms with E-state index in [-0.39, 0.29) is 40.6 Å². The van der Waals surface area contributed by atoms with Crippen molar-refractivity contribution in [2.75, 3.05) is 25.1 Å². The predicted molar refractivity (Wildman–Crippen MR) is 162 cm³/mol. The molecule has 3 aromatic rings. The Labute approximate surface area is 253 Å². The van der Waals surface area contributed by atoms with Crippen molar-refractivity contribution >= 4 is 40.0 Å². The Morgan fingerprint density at radius 3 is 2.49 bits per heavy atom. The maximum Gasteiger partial charge on any atom is 0.251 e. The van der Waals surface area contributed by atoms with E-state index in [1.54, 1.807) is 11.0 Å². The molecule has 1 fully saturated rings. The number of piperidine rings is 1. The lowest BCUT2D eigenvalue weighted by molar-refractivity contribution is -0.142. The molecule has 2 amide bonds. The number of pyridine rings is 1. The first-order valence-corrected chi connectivity index (χ1v) is 15.2. The van der Waals surface area contributed by atoms with Crippen LogP contribution in [-0.4, -0.2) is 46.2 Å². The highest BCUT2D eigenvalue weighted by Gasteiger charge is 2.37. The summed E-state index contributed by atoms with van der Waals surface area (Å²) in [5.74, 6) is -2.72. The summed E-state index contributed by atoms with van der Waals surface area (Å²) < 4.78 is 27.5. The molecule has 0 spiro atoms. The van der Waals surface area contributed by atoms with E-state index in [0.717, 1.165) is 34.5 Å². The molecule has 3 N–H and O–H groups in total. The van der Waals surface area contributed by atoms with Gasteiger partial charge in [-0.2, -0.15) is 0 Å². The highest BCUT2D eigenvalue weighted by Crippen LogP contribution is 2.39. The molecule has 1 aromatic heterocycles. The normalized spacial score (nSPS) is 19.3. The van der Waals surface area contributed by atoms with Crippen LogP contribution in [0.25, 0.3) is 10.9 Å². The molecule has 4 heterocycles. The third-order valence-electron chi connectivity index (χ3n) is 8.84. The molecule has 1 saturated heterocycles. The maximum absolute atomic E-state index is 13.9. The average molecular weight is 612 g/mol. The largest absolute Gasteiger partial charge is 0.343 e. The summed E-state index contributed by atoms with van der Waals surface area (Å²) in [6, 6.07) is 5.62. The quantitative estimate of drug-likeness (QED) is 0.375. The first-order valence-electron chi connectivity index (χ1n) is 14.8. The number of H-pyrrole nitrogens is 1. The van der Waals surface area contributed by atoms with Gasteiger partial charge in [0.1, 0.15) is 0 Å². The van der Waals surface area contributed by atoms with E-state index in [9.17, 15) is 23.2 Å². The van der Waals surface area contributed by atoms with Crippen molar-refractivity contribution in [2.45, 2.75) is 65.5 Å². The fourth-order valence-electron chi connectivity index (χ4n) is 6.78. The number of carbonyl (C=O) groups excluding carboxylic acids is 2. The Bertz CT molecular complexity index is 1680. The van der Waals surface area contributed by atoms with Crippen molar-refractivity contribution in [3.8, 4) is 0 Å². The summed E-state index contributed by atoms with van der Waals surface area (Å²) in [7, 11) is 0. The molecule has 0 radical (unpaired) electrons. The van der Waals surface area contributed by atoms with Crippen molar-refractivity contribution in [3.63, 3.8) is 0 Å². The zero-order valence-corrected chi connectivity index (χ0v) is 25.3. The van der Waals surface area contributed by atoms with Crippen molar-refractivity contribution in [1.29, 1.82) is 0 Å². The number of aromatic nitrogens is 1. The molecule has 0 aliphatic carbocycles. The highest BCUT2D eigenvalue weighted by atomic mass is 35.5. The lowest BCUT2D eigenvalue weighted by Crippen LogP contribution is -2.43. The van der Waals surface area contributed by atoms with Crippen LogP contribution in [0.2, 0.25) is 5.02 Å². The number of carbonyl (C=O) groups is 2. The second-order valence-corrected chi connectivity index (χ2v) is 13.7. The van der Waals surface area contributed by atoms with Gasteiger partial charge in [-0.15, -0.1) is 0 Å². The number of rotatable bonds is 4. The molecule has 0 bridgehead atoms. The minimum atomic E-state index is -1.01. The molecule has 43 heavy (non-hydrogen) atoms. The van der Waals surface area contributed by atoms with Crippen LogP contribution in [0.5, 0.6) is 0 Å². The fraction of sp³-hybridized carbons (Fsp3) is 0.469. The Kier molecular flexibility index (Phi) is 7.71. The highest BCUT2D eigenvalue weighted by molar-refractivity contribution is 6.33. The summed E-state index contributed by atoms with van der Waals surface area (Å²) in [6.07, 6.45) is 1.65. The van der Waals surface area contributed by atoms with E-state index in [4.69, 9.17) is 11.6 Å². The first-order chi connectivity index (χ1) is 20.4. The monoisotopic (exact) mass is 611 g/mol. The van der Waals surface area contributed by atoms with Crippen LogP contribution in [0.1, 0.15) is 68.2 Å². The minimum Gasteiger partial charge on any atom is -0.343 e. The summed E-state index contributed by atoms with van der Waals surface area (Å²) in [5, 5.41) is 1.02. The third kappa shape index (κ3) is 5.87. The molecule has 6 rings (SSSR count). The Morgan fingerprint density at radius 1 is 1.05 bits per heavy atom. The summed E-state index contributed by atoms with van der Waals surface area (Å²) >= 11 is 6.60. The number of anilines is 1. The molecule has 1 atom stereocenters. The topological polar surface area (TPSA) is 97.5 Å². The lowest BCUT2D eigenvalue weighted by atomic mass is 9.88. The van der Waals surface area contributed by atoms with Gasteiger partial charge in [0.2, 0.25) is 11.8 Å². The van der Waals surface area contributed by atoms with E-state index >= 15 is 0 Å². The number of hydrogen-bond acceptors (Lipinski definition) is 5. The molecule has 0 unspecified atom stereocenters. The molecule has 3 aliphatic rings. The van der Waals surface area contributed by atoms with Gasteiger partial charge in [-0.25, -0.2) is 14.2 Å². The number of halogens is 3. The fourth-order valence-corrected chi connectivity index (χ4v) is 7.07. The summed E-state index contributed by atoms with van der Waals surface area (Å²) in [5.41, 5.74) is 10.6. The number of nitrogens with zero attached hydrogens (tertiary/aromatic N) is 2. The van der Waals surface area contributed by atoms with Crippen LogP contribution in [-0.2, 0) is 29.1 Å². The Morgan fingerprint density at radius 2 is 1.77 bits per heavy atom. The number of hydrogen-bond donors (Lipinski definition) is 3. The van der Waals surface area contributed by atoms with Gasteiger partial charge in [0, 0.05) is 56.2 Å². The van der Waals surface area contributed by atoms with E-state index < -0.39 is 17.6 Å². The van der Waals surface area contributed by atoms with Gasteiger partial charge in [0.25, 0.3) is 5.56 Å². The zero-order valence-electron chi connectivity index (χ0n) is 24.6. The molecule has 11 heteroatoms. The minimum absolute atomic E-state index is 0.0236. The number of hydrazine groups is 1. The third-order valence-corrected chi connectivity index (χ3v) is 9.13. The average Bonchev–Trinajstić information content (AvgIpc) is 3.40. The molecule has 0 saturated carbocycles. The SMILES string of the molecule is CC(C)(C)CN1Cc2c(cc(Cl)c3c2CNN3)C[C@@H](CC(=O)N2CCC(c3cc4cc(F)c(F)cc4[nH]c3=O)CC2)C1=O. The van der Waals surface area contributed by atoms with Crippen LogP contribution in [0.15, 0.2) is 29.1 Å². The molecule has 228 valence electrons. The van der Waals surface area contributed by atoms with Gasteiger partial charge in [-0.3, -0.25) is 14.4 Å². The molecule has 3 aliphatic heterocycles. The molecule has 8 nitrogen and oxygen atoms in total. The second kappa shape index (κ2) is 11.2. The zero-order chi connectivity index (χ0) is 30.6. The number of likely N-dealkylation sites (tertiary alicyclic amines) is 1. The van der Waals surface area contributed by atoms with Crippen LogP contribution in [0.4, 0.5) is 14.5 Å². The van der Waals surface area contributed by atoms with Gasteiger partial charge < -0.3 is 20.2 Å². The van der Waals surface area contributed by atoms with Gasteiger partial charge in [0.15, 0.2) is 11.6 Å². The van der Waals surface area contributed by atoms with Crippen LogP contribution in [0.3, 0.4) is 0 Å². The Balaban J connectivity index is 1.19. The van der Waals surface area contributed by atoms with Crippen molar-refractivity contribution in [3.05, 3.63) is 73.5 Å². The van der Waals surface area contributed by atoms with E-state index in [0.29, 0.717) is 68.0 Å². The van der Waals surface area contributed by atoms with Crippen LogP contribution in [0, 0.1) is 23.0 Å².